The molecule has 1 aliphatic heterocycles. The lowest BCUT2D eigenvalue weighted by Crippen LogP contribution is -2.47. The third-order valence-electron chi connectivity index (χ3n) is 4.42. The molecule has 0 radical (unpaired) electrons. The van der Waals surface area contributed by atoms with Crippen LogP contribution < -0.4 is 5.32 Å². The van der Waals surface area contributed by atoms with Crippen molar-refractivity contribution in [3.05, 3.63) is 35.4 Å². The predicted molar refractivity (Wildman–Crippen MR) is 88.9 cm³/mol. The van der Waals surface area contributed by atoms with Crippen molar-refractivity contribution in [2.24, 2.45) is 0 Å². The van der Waals surface area contributed by atoms with Gasteiger partial charge in [0.05, 0.1) is 13.2 Å². The molecule has 0 fully saturated rings. The van der Waals surface area contributed by atoms with E-state index in [2.05, 4.69) is 33.2 Å². The molecule has 126 valence electrons. The van der Waals surface area contributed by atoms with Crippen LogP contribution in [0.4, 0.5) is 0 Å². The number of nitrogens with zero attached hydrogens (tertiary/aromatic N) is 1. The molecule has 5 nitrogen and oxygen atoms in total. The summed E-state index contributed by atoms with van der Waals surface area (Å²) in [5.41, 5.74) is 2.70. The van der Waals surface area contributed by atoms with Gasteiger partial charge in [0.2, 0.25) is 5.91 Å². The van der Waals surface area contributed by atoms with Crippen LogP contribution in [0, 0.1) is 0 Å². The van der Waals surface area contributed by atoms with Crippen molar-refractivity contribution in [1.82, 2.24) is 10.2 Å². The highest BCUT2D eigenvalue weighted by Gasteiger charge is 2.24. The van der Waals surface area contributed by atoms with E-state index in [0.717, 1.165) is 32.4 Å². The Hall–Kier alpha value is -1.88. The summed E-state index contributed by atoms with van der Waals surface area (Å²) in [5, 5.41) is 2.96. The first-order chi connectivity index (χ1) is 11.1. The molecular formula is C18H26N2O3. The van der Waals surface area contributed by atoms with Crippen LogP contribution in [0.15, 0.2) is 24.3 Å². The van der Waals surface area contributed by atoms with Gasteiger partial charge in [0, 0.05) is 26.1 Å². The van der Waals surface area contributed by atoms with Gasteiger partial charge < -0.3 is 10.1 Å². The molecule has 1 atom stereocenters. The Kier molecular flexibility index (Phi) is 6.59. The van der Waals surface area contributed by atoms with Crippen LogP contribution >= 0.6 is 0 Å². The van der Waals surface area contributed by atoms with Crippen LogP contribution in [0.3, 0.4) is 0 Å². The maximum Gasteiger partial charge on any atom is 0.305 e. The first-order valence-corrected chi connectivity index (χ1v) is 8.27. The van der Waals surface area contributed by atoms with Crippen LogP contribution in [-0.4, -0.2) is 43.0 Å². The Labute approximate surface area is 138 Å². The third-order valence-corrected chi connectivity index (χ3v) is 4.42. The topological polar surface area (TPSA) is 58.6 Å². The normalized spacial score (nSPS) is 15.6. The molecule has 2 rings (SSSR count). The lowest BCUT2D eigenvalue weighted by molar-refractivity contribution is -0.140. The number of methoxy groups -OCH3 is 1. The monoisotopic (exact) mass is 318 g/mol. The summed E-state index contributed by atoms with van der Waals surface area (Å²) in [6.07, 6.45) is 2.92. The second-order valence-corrected chi connectivity index (χ2v) is 5.99. The van der Waals surface area contributed by atoms with Crippen molar-refractivity contribution >= 4 is 11.9 Å². The Balaban J connectivity index is 1.72. The van der Waals surface area contributed by atoms with E-state index < -0.39 is 0 Å². The van der Waals surface area contributed by atoms with E-state index in [4.69, 9.17) is 0 Å². The number of carbonyl (C=O) groups excluding carboxylic acids is 2. The van der Waals surface area contributed by atoms with Gasteiger partial charge in [-0.05, 0) is 37.3 Å². The van der Waals surface area contributed by atoms with Crippen LogP contribution in [0.2, 0.25) is 0 Å². The zero-order chi connectivity index (χ0) is 16.7. The summed E-state index contributed by atoms with van der Waals surface area (Å²) < 4.78 is 4.59. The maximum absolute atomic E-state index is 12.3. The number of rotatable bonds is 7. The van der Waals surface area contributed by atoms with Gasteiger partial charge in [0.25, 0.3) is 0 Å². The maximum atomic E-state index is 12.3. The second kappa shape index (κ2) is 8.67. The van der Waals surface area contributed by atoms with Gasteiger partial charge in [-0.2, -0.15) is 0 Å². The predicted octanol–water partition coefficient (Wildman–Crippen LogP) is 1.89. The molecule has 1 heterocycles. The van der Waals surface area contributed by atoms with Gasteiger partial charge in [0.1, 0.15) is 0 Å². The molecule has 1 aromatic carbocycles. The number of fused-ring (bicyclic) bond motifs is 1. The zero-order valence-corrected chi connectivity index (χ0v) is 14.0. The number of ether oxygens (including phenoxy) is 1. The molecule has 1 amide bonds. The van der Waals surface area contributed by atoms with E-state index >= 15 is 0 Å². The fourth-order valence-electron chi connectivity index (χ4n) is 2.87. The number of esters is 1. The summed E-state index contributed by atoms with van der Waals surface area (Å²) in [5.74, 6) is -0.140. The standard InChI is InChI=1S/C18H26N2O3/c1-14(18(22)19-11-6-5-9-17(21)23-2)20-12-10-15-7-3-4-8-16(15)13-20/h3-4,7-8,14H,5-6,9-13H2,1-2H3,(H,19,22). The zero-order valence-electron chi connectivity index (χ0n) is 14.0. The molecule has 1 aromatic rings. The highest BCUT2D eigenvalue weighted by Crippen LogP contribution is 2.20. The summed E-state index contributed by atoms with van der Waals surface area (Å²) in [4.78, 5) is 25.5. The van der Waals surface area contributed by atoms with Crippen molar-refractivity contribution < 1.29 is 14.3 Å². The minimum absolute atomic E-state index is 0.0578. The first kappa shape index (κ1) is 17.5. The van der Waals surface area contributed by atoms with Crippen LogP contribution in [-0.2, 0) is 27.3 Å². The Morgan fingerprint density at radius 1 is 1.26 bits per heavy atom. The lowest BCUT2D eigenvalue weighted by atomic mass is 9.99. The molecule has 23 heavy (non-hydrogen) atoms. The second-order valence-electron chi connectivity index (χ2n) is 5.99. The van der Waals surface area contributed by atoms with E-state index in [1.807, 2.05) is 13.0 Å². The van der Waals surface area contributed by atoms with E-state index in [-0.39, 0.29) is 17.9 Å². The summed E-state index contributed by atoms with van der Waals surface area (Å²) in [7, 11) is 1.39. The van der Waals surface area contributed by atoms with Gasteiger partial charge >= 0.3 is 5.97 Å². The molecule has 0 aromatic heterocycles. The number of nitrogens with one attached hydrogen (secondary N) is 1. The largest absolute Gasteiger partial charge is 0.469 e. The average Bonchev–Trinajstić information content (AvgIpc) is 2.59. The third kappa shape index (κ3) is 5.06. The fourth-order valence-corrected chi connectivity index (χ4v) is 2.87. The number of unbranched alkanes of at least 4 members (excludes halogenated alkanes) is 1. The smallest absolute Gasteiger partial charge is 0.305 e. The molecule has 0 saturated heterocycles. The number of hydrogen-bond donors (Lipinski definition) is 1. The Bertz CT molecular complexity index is 545. The highest BCUT2D eigenvalue weighted by molar-refractivity contribution is 5.81. The highest BCUT2D eigenvalue weighted by atomic mass is 16.5. The van der Waals surface area contributed by atoms with Crippen LogP contribution in [0.5, 0.6) is 0 Å². The van der Waals surface area contributed by atoms with Crippen LogP contribution in [0.1, 0.15) is 37.3 Å². The minimum atomic E-state index is -0.198. The Morgan fingerprint density at radius 3 is 2.74 bits per heavy atom. The van der Waals surface area contributed by atoms with Crippen molar-refractivity contribution in [1.29, 1.82) is 0 Å². The quantitative estimate of drug-likeness (QED) is 0.616. The first-order valence-electron chi connectivity index (χ1n) is 8.27. The van der Waals surface area contributed by atoms with E-state index in [1.54, 1.807) is 0 Å². The van der Waals surface area contributed by atoms with E-state index in [0.29, 0.717) is 13.0 Å². The number of amides is 1. The van der Waals surface area contributed by atoms with Crippen molar-refractivity contribution in [2.45, 2.75) is 45.2 Å². The average molecular weight is 318 g/mol. The van der Waals surface area contributed by atoms with Gasteiger partial charge in [0.15, 0.2) is 0 Å². The van der Waals surface area contributed by atoms with Crippen molar-refractivity contribution in [3.63, 3.8) is 0 Å². The number of hydrogen-bond acceptors (Lipinski definition) is 4. The van der Waals surface area contributed by atoms with Crippen molar-refractivity contribution in [3.8, 4) is 0 Å². The number of carbonyl (C=O) groups is 2. The van der Waals surface area contributed by atoms with Gasteiger partial charge in [-0.25, -0.2) is 0 Å². The number of benzene rings is 1. The van der Waals surface area contributed by atoms with E-state index in [9.17, 15) is 9.59 Å². The van der Waals surface area contributed by atoms with Gasteiger partial charge in [-0.1, -0.05) is 24.3 Å². The van der Waals surface area contributed by atoms with E-state index in [1.165, 1.54) is 18.2 Å². The molecule has 0 bridgehead atoms. The molecular weight excluding hydrogens is 292 g/mol. The SMILES string of the molecule is COC(=O)CCCCNC(=O)C(C)N1CCc2ccccc2C1. The molecule has 0 aliphatic carbocycles. The summed E-state index contributed by atoms with van der Waals surface area (Å²) >= 11 is 0. The molecule has 0 saturated carbocycles. The molecule has 0 spiro atoms. The summed E-state index contributed by atoms with van der Waals surface area (Å²) in [6.45, 7) is 4.29. The van der Waals surface area contributed by atoms with Crippen LogP contribution in [0.25, 0.3) is 0 Å². The fraction of sp³-hybridized carbons (Fsp3) is 0.556. The molecule has 1 aliphatic rings. The Morgan fingerprint density at radius 2 is 2.00 bits per heavy atom. The van der Waals surface area contributed by atoms with Gasteiger partial charge in [-0.15, -0.1) is 0 Å². The molecule has 1 N–H and O–H groups in total. The molecule has 1 unspecified atom stereocenters. The minimum Gasteiger partial charge on any atom is -0.469 e. The van der Waals surface area contributed by atoms with Gasteiger partial charge in [-0.3, -0.25) is 14.5 Å². The summed E-state index contributed by atoms with van der Waals surface area (Å²) in [6, 6.07) is 8.29. The molecule has 5 heteroatoms. The van der Waals surface area contributed by atoms with Crippen molar-refractivity contribution in [2.75, 3.05) is 20.2 Å². The lowest BCUT2D eigenvalue weighted by Gasteiger charge is -2.32.